The lowest BCUT2D eigenvalue weighted by molar-refractivity contribution is -0.126. The molecule has 0 unspecified atom stereocenters. The molecule has 33 heavy (non-hydrogen) atoms. The lowest BCUT2D eigenvalue weighted by atomic mass is 9.84. The van der Waals surface area contributed by atoms with Gasteiger partial charge in [-0.1, -0.05) is 13.3 Å². The van der Waals surface area contributed by atoms with Crippen LogP contribution in [0.5, 0.6) is 5.75 Å². The normalized spacial score (nSPS) is 18.9. The largest absolute Gasteiger partial charge is 0.497 e. The monoisotopic (exact) mass is 454 g/mol. The first-order valence-corrected chi connectivity index (χ1v) is 12.5. The molecule has 2 aliphatic heterocycles. The molecule has 1 aromatic carbocycles. The summed E-state index contributed by atoms with van der Waals surface area (Å²) in [5.74, 6) is 1.25. The molecule has 2 fully saturated rings. The third-order valence-corrected chi connectivity index (χ3v) is 7.41. The highest BCUT2D eigenvalue weighted by Gasteiger charge is 2.30. The van der Waals surface area contributed by atoms with Gasteiger partial charge in [0.2, 0.25) is 5.91 Å². The minimum atomic E-state index is -0.0159. The molecule has 2 N–H and O–H groups in total. The number of hydrogen-bond acceptors (Lipinski definition) is 4. The van der Waals surface area contributed by atoms with Crippen LogP contribution in [0, 0.1) is 11.8 Å². The lowest BCUT2D eigenvalue weighted by Crippen LogP contribution is -2.43. The van der Waals surface area contributed by atoms with Crippen LogP contribution in [0.2, 0.25) is 0 Å². The molecule has 0 bridgehead atoms. The van der Waals surface area contributed by atoms with Crippen molar-refractivity contribution in [2.45, 2.75) is 45.4 Å². The molecular weight excluding hydrogens is 416 g/mol. The maximum absolute atomic E-state index is 13.0. The van der Waals surface area contributed by atoms with Crippen LogP contribution in [0.3, 0.4) is 0 Å². The number of fused-ring (bicyclic) bond motifs is 1. The molecular formula is C26H38N4O3. The molecule has 1 atom stereocenters. The number of rotatable bonds is 8. The predicted octanol–water partition coefficient (Wildman–Crippen LogP) is 3.66. The molecule has 7 heteroatoms. The van der Waals surface area contributed by atoms with Gasteiger partial charge in [-0.25, -0.2) is 0 Å². The number of carbonyl (C=O) groups is 2. The first-order chi connectivity index (χ1) is 16.0. The molecule has 2 amide bonds. The number of ether oxygens (including phenoxy) is 1. The minimum Gasteiger partial charge on any atom is -0.497 e. The van der Waals surface area contributed by atoms with Crippen molar-refractivity contribution >= 4 is 22.7 Å². The Bertz CT molecular complexity index is 942. The van der Waals surface area contributed by atoms with Gasteiger partial charge in [0.15, 0.2) is 0 Å². The highest BCUT2D eigenvalue weighted by atomic mass is 16.5. The van der Waals surface area contributed by atoms with Crippen molar-refractivity contribution in [3.63, 3.8) is 0 Å². The Morgan fingerprint density at radius 1 is 1.12 bits per heavy atom. The van der Waals surface area contributed by atoms with Crippen LogP contribution in [0.1, 0.15) is 55.9 Å². The van der Waals surface area contributed by atoms with E-state index in [2.05, 4.69) is 15.2 Å². The van der Waals surface area contributed by atoms with Gasteiger partial charge in [-0.3, -0.25) is 9.59 Å². The maximum atomic E-state index is 13.0. The Hall–Kier alpha value is -2.54. The van der Waals surface area contributed by atoms with Crippen molar-refractivity contribution in [3.8, 4) is 5.75 Å². The van der Waals surface area contributed by atoms with Crippen molar-refractivity contribution in [3.05, 3.63) is 30.0 Å². The summed E-state index contributed by atoms with van der Waals surface area (Å²) in [6, 6.07) is 7.67. The second-order valence-corrected chi connectivity index (χ2v) is 9.60. The van der Waals surface area contributed by atoms with Crippen LogP contribution in [0.15, 0.2) is 24.3 Å². The van der Waals surface area contributed by atoms with Gasteiger partial charge in [0.05, 0.1) is 7.11 Å². The molecule has 0 radical (unpaired) electrons. The molecule has 0 saturated carbocycles. The Labute approximate surface area is 196 Å². The quantitative estimate of drug-likeness (QED) is 0.597. The van der Waals surface area contributed by atoms with E-state index in [-0.39, 0.29) is 17.7 Å². The van der Waals surface area contributed by atoms with E-state index in [1.807, 2.05) is 36.1 Å². The second-order valence-electron chi connectivity index (χ2n) is 9.60. The summed E-state index contributed by atoms with van der Waals surface area (Å²) in [6.45, 7) is 7.65. The highest BCUT2D eigenvalue weighted by Crippen LogP contribution is 2.27. The number of H-pyrrole nitrogens is 1. The Morgan fingerprint density at radius 2 is 1.88 bits per heavy atom. The average molecular weight is 455 g/mol. The number of aromatic amines is 1. The molecule has 180 valence electrons. The Balaban J connectivity index is 1.21. The minimum absolute atomic E-state index is 0.0159. The van der Waals surface area contributed by atoms with Crippen LogP contribution in [-0.2, 0) is 4.79 Å². The average Bonchev–Trinajstić information content (AvgIpc) is 3.29. The molecule has 3 heterocycles. The van der Waals surface area contributed by atoms with Crippen molar-refractivity contribution in [2.75, 3.05) is 46.4 Å². The number of nitrogens with zero attached hydrogens (tertiary/aromatic N) is 2. The van der Waals surface area contributed by atoms with Gasteiger partial charge in [0.1, 0.15) is 11.4 Å². The molecule has 2 saturated heterocycles. The third-order valence-electron chi connectivity index (χ3n) is 7.41. The fraction of sp³-hybridized carbons (Fsp3) is 0.615. The number of piperidine rings is 2. The van der Waals surface area contributed by atoms with Gasteiger partial charge in [-0.2, -0.15) is 0 Å². The number of nitrogens with one attached hydrogen (secondary N) is 2. The van der Waals surface area contributed by atoms with E-state index in [0.717, 1.165) is 49.0 Å². The topological polar surface area (TPSA) is 77.7 Å². The van der Waals surface area contributed by atoms with E-state index in [1.54, 1.807) is 7.11 Å². The van der Waals surface area contributed by atoms with Gasteiger partial charge in [0, 0.05) is 42.5 Å². The third kappa shape index (κ3) is 5.88. The van der Waals surface area contributed by atoms with Gasteiger partial charge >= 0.3 is 0 Å². The zero-order valence-corrected chi connectivity index (χ0v) is 20.1. The number of hydrogen-bond donors (Lipinski definition) is 2. The SMILES string of the molecule is COc1ccc2cc(C(=O)N3CCC([C@H](C)C(=O)NCCCN4CCCCC4)CC3)[nH]c2c1. The van der Waals surface area contributed by atoms with E-state index in [1.165, 1.54) is 32.4 Å². The van der Waals surface area contributed by atoms with Gasteiger partial charge < -0.3 is 24.8 Å². The van der Waals surface area contributed by atoms with Crippen LogP contribution in [-0.4, -0.2) is 73.0 Å². The van der Waals surface area contributed by atoms with Gasteiger partial charge in [0.25, 0.3) is 5.91 Å². The zero-order valence-electron chi connectivity index (χ0n) is 20.1. The number of likely N-dealkylation sites (tertiary alicyclic amines) is 2. The van der Waals surface area contributed by atoms with Gasteiger partial charge in [-0.15, -0.1) is 0 Å². The summed E-state index contributed by atoms with van der Waals surface area (Å²) < 4.78 is 5.27. The molecule has 4 rings (SSSR count). The predicted molar refractivity (Wildman–Crippen MR) is 131 cm³/mol. The lowest BCUT2D eigenvalue weighted by Gasteiger charge is -2.34. The van der Waals surface area contributed by atoms with E-state index in [4.69, 9.17) is 4.74 Å². The molecule has 0 aliphatic carbocycles. The molecule has 2 aliphatic rings. The standard InChI is InChI=1S/C26H38N4O3/c1-19(25(31)27-11-6-14-29-12-4-3-5-13-29)20-9-15-30(16-10-20)26(32)24-17-21-7-8-22(33-2)18-23(21)28-24/h7-8,17-20,28H,3-6,9-16H2,1-2H3,(H,27,31)/t19-/m0/s1. The molecule has 0 spiro atoms. The summed E-state index contributed by atoms with van der Waals surface area (Å²) in [5.41, 5.74) is 1.51. The fourth-order valence-corrected chi connectivity index (χ4v) is 5.19. The summed E-state index contributed by atoms with van der Waals surface area (Å²) >= 11 is 0. The number of carbonyl (C=O) groups excluding carboxylic acids is 2. The first kappa shape index (κ1) is 23.6. The van der Waals surface area contributed by atoms with Crippen LogP contribution in [0.25, 0.3) is 10.9 Å². The Kier molecular flexibility index (Phi) is 7.91. The van der Waals surface area contributed by atoms with Crippen molar-refractivity contribution in [2.24, 2.45) is 11.8 Å². The van der Waals surface area contributed by atoms with Crippen molar-refractivity contribution in [1.82, 2.24) is 20.1 Å². The number of methoxy groups -OCH3 is 1. The summed E-state index contributed by atoms with van der Waals surface area (Å²) in [5, 5.41) is 4.14. The molecule has 7 nitrogen and oxygen atoms in total. The highest BCUT2D eigenvalue weighted by molar-refractivity contribution is 5.98. The number of benzene rings is 1. The van der Waals surface area contributed by atoms with Crippen LogP contribution < -0.4 is 10.1 Å². The van der Waals surface area contributed by atoms with Crippen LogP contribution >= 0.6 is 0 Å². The molecule has 1 aromatic heterocycles. The smallest absolute Gasteiger partial charge is 0.270 e. The van der Waals surface area contributed by atoms with E-state index < -0.39 is 0 Å². The summed E-state index contributed by atoms with van der Waals surface area (Å²) in [7, 11) is 1.64. The maximum Gasteiger partial charge on any atom is 0.270 e. The van der Waals surface area contributed by atoms with Gasteiger partial charge in [-0.05, 0) is 75.9 Å². The second kappa shape index (κ2) is 11.1. The van der Waals surface area contributed by atoms with Crippen LogP contribution in [0.4, 0.5) is 0 Å². The van der Waals surface area contributed by atoms with Crippen molar-refractivity contribution in [1.29, 1.82) is 0 Å². The number of amides is 2. The molecule has 2 aromatic rings. The summed E-state index contributed by atoms with van der Waals surface area (Å²) in [4.78, 5) is 33.3. The van der Waals surface area contributed by atoms with E-state index in [0.29, 0.717) is 24.7 Å². The Morgan fingerprint density at radius 3 is 2.61 bits per heavy atom. The summed E-state index contributed by atoms with van der Waals surface area (Å²) in [6.07, 6.45) is 6.71. The zero-order chi connectivity index (χ0) is 23.2. The fourth-order valence-electron chi connectivity index (χ4n) is 5.19. The van der Waals surface area contributed by atoms with Crippen molar-refractivity contribution < 1.29 is 14.3 Å². The van der Waals surface area contributed by atoms with E-state index >= 15 is 0 Å². The number of aromatic nitrogens is 1. The first-order valence-electron chi connectivity index (χ1n) is 12.5. The van der Waals surface area contributed by atoms with E-state index in [9.17, 15) is 9.59 Å².